The summed E-state index contributed by atoms with van der Waals surface area (Å²) in [7, 11) is 0. The van der Waals surface area contributed by atoms with Crippen molar-refractivity contribution < 1.29 is 14.3 Å². The molecule has 1 saturated carbocycles. The molecule has 1 aromatic heterocycles. The molecule has 7 nitrogen and oxygen atoms in total. The largest absolute Gasteiger partial charge is 0.381 e. The van der Waals surface area contributed by atoms with E-state index in [1.807, 2.05) is 9.80 Å². The first kappa shape index (κ1) is 16.4. The summed E-state index contributed by atoms with van der Waals surface area (Å²) in [5.74, 6) is 0.598. The van der Waals surface area contributed by atoms with E-state index in [1.165, 1.54) is 0 Å². The molecule has 0 aromatic carbocycles. The molecular weight excluding hydrogens is 320 g/mol. The Morgan fingerprint density at radius 1 is 1.04 bits per heavy atom. The molecular formula is C18H24N4O3. The third-order valence-electron chi connectivity index (χ3n) is 5.37. The highest BCUT2D eigenvalue weighted by Gasteiger charge is 2.41. The number of ether oxygens (including phenoxy) is 1. The molecule has 4 rings (SSSR count). The molecule has 2 saturated heterocycles. The van der Waals surface area contributed by atoms with Gasteiger partial charge in [-0.1, -0.05) is 0 Å². The van der Waals surface area contributed by atoms with Gasteiger partial charge in [-0.05, 0) is 38.2 Å². The molecule has 2 aliphatic heterocycles. The zero-order valence-corrected chi connectivity index (χ0v) is 14.3. The van der Waals surface area contributed by atoms with Gasteiger partial charge in [-0.2, -0.15) is 0 Å². The van der Waals surface area contributed by atoms with Crippen LogP contribution in [0, 0.1) is 5.92 Å². The molecule has 1 aromatic rings. The van der Waals surface area contributed by atoms with Crippen LogP contribution in [0.15, 0.2) is 18.5 Å². The Kier molecular flexibility index (Phi) is 4.65. The minimum Gasteiger partial charge on any atom is -0.381 e. The summed E-state index contributed by atoms with van der Waals surface area (Å²) in [4.78, 5) is 37.6. The van der Waals surface area contributed by atoms with Gasteiger partial charge in [0.2, 0.25) is 11.7 Å². The second-order valence-corrected chi connectivity index (χ2v) is 7.13. The van der Waals surface area contributed by atoms with Crippen LogP contribution in [0.1, 0.15) is 42.7 Å². The van der Waals surface area contributed by atoms with Crippen LogP contribution in [-0.2, 0) is 9.53 Å². The molecule has 3 fully saturated rings. The highest BCUT2D eigenvalue weighted by atomic mass is 16.5. The van der Waals surface area contributed by atoms with E-state index in [9.17, 15) is 9.59 Å². The van der Waals surface area contributed by atoms with Crippen LogP contribution < -0.4 is 0 Å². The van der Waals surface area contributed by atoms with Crippen LogP contribution in [0.25, 0.3) is 0 Å². The molecule has 0 radical (unpaired) electrons. The number of hydrogen-bond donors (Lipinski definition) is 0. The molecule has 3 heterocycles. The molecule has 7 heteroatoms. The van der Waals surface area contributed by atoms with E-state index in [2.05, 4.69) is 9.97 Å². The summed E-state index contributed by atoms with van der Waals surface area (Å²) in [6, 6.07) is 1.88. The maximum Gasteiger partial charge on any atom is 0.292 e. The molecule has 0 spiro atoms. The third-order valence-corrected chi connectivity index (χ3v) is 5.37. The van der Waals surface area contributed by atoms with Gasteiger partial charge in [0.25, 0.3) is 5.91 Å². The molecule has 1 unspecified atom stereocenters. The Bertz CT molecular complexity index is 628. The van der Waals surface area contributed by atoms with Crippen LogP contribution in [0.5, 0.6) is 0 Å². The van der Waals surface area contributed by atoms with Gasteiger partial charge >= 0.3 is 0 Å². The lowest BCUT2D eigenvalue weighted by Gasteiger charge is -2.38. The molecule has 1 atom stereocenters. The number of carbonyl (C=O) groups is 2. The molecule has 2 amide bonds. The van der Waals surface area contributed by atoms with Crippen molar-refractivity contribution in [3.8, 4) is 0 Å². The number of likely N-dealkylation sites (tertiary alicyclic amines) is 1. The highest BCUT2D eigenvalue weighted by molar-refractivity contribution is 5.91. The van der Waals surface area contributed by atoms with E-state index in [4.69, 9.17) is 4.74 Å². The summed E-state index contributed by atoms with van der Waals surface area (Å²) < 4.78 is 5.46. The Hall–Kier alpha value is -2.02. The Morgan fingerprint density at radius 3 is 2.44 bits per heavy atom. The molecule has 0 N–H and O–H groups in total. The van der Waals surface area contributed by atoms with Crippen molar-refractivity contribution >= 4 is 11.8 Å². The summed E-state index contributed by atoms with van der Waals surface area (Å²) in [5, 5.41) is 0. The maximum atomic E-state index is 13.1. The first-order valence-electron chi connectivity index (χ1n) is 9.20. The van der Waals surface area contributed by atoms with Gasteiger partial charge in [-0.3, -0.25) is 9.59 Å². The van der Waals surface area contributed by atoms with Crippen LogP contribution >= 0.6 is 0 Å². The van der Waals surface area contributed by atoms with E-state index in [0.29, 0.717) is 19.8 Å². The fraction of sp³-hybridized carbons (Fsp3) is 0.667. The van der Waals surface area contributed by atoms with E-state index in [-0.39, 0.29) is 35.6 Å². The van der Waals surface area contributed by atoms with Crippen molar-refractivity contribution in [2.24, 2.45) is 5.92 Å². The van der Waals surface area contributed by atoms with Gasteiger partial charge < -0.3 is 14.5 Å². The van der Waals surface area contributed by atoms with E-state index in [0.717, 1.165) is 38.6 Å². The number of aromatic nitrogens is 2. The smallest absolute Gasteiger partial charge is 0.292 e. The number of nitrogens with zero attached hydrogens (tertiary/aromatic N) is 4. The van der Waals surface area contributed by atoms with Crippen LogP contribution in [-0.4, -0.2) is 70.0 Å². The van der Waals surface area contributed by atoms with Crippen LogP contribution in [0.3, 0.4) is 0 Å². The van der Waals surface area contributed by atoms with Crippen molar-refractivity contribution in [1.29, 1.82) is 0 Å². The van der Waals surface area contributed by atoms with Gasteiger partial charge in [0, 0.05) is 50.7 Å². The average Bonchev–Trinajstić information content (AvgIpc) is 3.41. The molecule has 134 valence electrons. The first-order valence-corrected chi connectivity index (χ1v) is 9.20. The van der Waals surface area contributed by atoms with Crippen molar-refractivity contribution in [3.05, 3.63) is 24.3 Å². The molecule has 0 bridgehead atoms. The zero-order chi connectivity index (χ0) is 17.2. The maximum absolute atomic E-state index is 13.1. The van der Waals surface area contributed by atoms with Crippen LogP contribution in [0.4, 0.5) is 0 Å². The lowest BCUT2D eigenvalue weighted by molar-refractivity contribution is -0.131. The van der Waals surface area contributed by atoms with Crippen LogP contribution in [0.2, 0.25) is 0 Å². The number of amides is 2. The third kappa shape index (κ3) is 3.51. The fourth-order valence-electron chi connectivity index (χ4n) is 3.88. The van der Waals surface area contributed by atoms with Gasteiger partial charge in [-0.25, -0.2) is 9.97 Å². The summed E-state index contributed by atoms with van der Waals surface area (Å²) in [6.45, 7) is 2.71. The number of carbonyl (C=O) groups excluding carboxylic acids is 2. The second-order valence-electron chi connectivity index (χ2n) is 7.13. The summed E-state index contributed by atoms with van der Waals surface area (Å²) in [5.41, 5.74) is 0. The van der Waals surface area contributed by atoms with Gasteiger partial charge in [0.1, 0.15) is 0 Å². The lowest BCUT2D eigenvalue weighted by atomic mass is 10.0. The average molecular weight is 344 g/mol. The Balaban J connectivity index is 1.53. The van der Waals surface area contributed by atoms with E-state index >= 15 is 0 Å². The van der Waals surface area contributed by atoms with Crippen molar-refractivity contribution in [1.82, 2.24) is 19.8 Å². The predicted molar refractivity (Wildman–Crippen MR) is 89.8 cm³/mol. The van der Waals surface area contributed by atoms with Crippen molar-refractivity contribution in [2.45, 2.75) is 44.2 Å². The highest BCUT2D eigenvalue weighted by Crippen LogP contribution is 2.33. The normalized spacial score (nSPS) is 24.3. The Morgan fingerprint density at radius 2 is 1.76 bits per heavy atom. The minimum absolute atomic E-state index is 0.0436. The summed E-state index contributed by atoms with van der Waals surface area (Å²) in [6.07, 6.45) is 7.70. The standard InChI is InChI=1S/C18H24N4O3/c23-17(13-2-3-13)21-9-4-15(12-21)22(14-5-10-25-11-6-14)18(24)16-19-7-1-8-20-16/h1,7-8,13-15H,2-6,9-12H2. The number of hydrogen-bond acceptors (Lipinski definition) is 5. The quantitative estimate of drug-likeness (QED) is 0.818. The topological polar surface area (TPSA) is 75.6 Å². The van der Waals surface area contributed by atoms with Gasteiger partial charge in [-0.15, -0.1) is 0 Å². The monoisotopic (exact) mass is 344 g/mol. The summed E-state index contributed by atoms with van der Waals surface area (Å²) >= 11 is 0. The van der Waals surface area contributed by atoms with E-state index in [1.54, 1.807) is 18.5 Å². The SMILES string of the molecule is O=C(C1CC1)N1CCC(N(C(=O)c2ncccn2)C2CCOCC2)C1. The molecule has 3 aliphatic rings. The van der Waals surface area contributed by atoms with E-state index < -0.39 is 0 Å². The van der Waals surface area contributed by atoms with Gasteiger partial charge in [0.05, 0.1) is 6.04 Å². The lowest BCUT2D eigenvalue weighted by Crippen LogP contribution is -2.51. The number of rotatable bonds is 4. The van der Waals surface area contributed by atoms with Crippen molar-refractivity contribution in [2.75, 3.05) is 26.3 Å². The minimum atomic E-state index is -0.127. The van der Waals surface area contributed by atoms with Crippen molar-refractivity contribution in [3.63, 3.8) is 0 Å². The molecule has 25 heavy (non-hydrogen) atoms. The fourth-order valence-corrected chi connectivity index (χ4v) is 3.88. The molecule has 1 aliphatic carbocycles. The first-order chi connectivity index (χ1) is 12.2. The Labute approximate surface area is 147 Å². The zero-order valence-electron chi connectivity index (χ0n) is 14.3. The second kappa shape index (κ2) is 7.07. The predicted octanol–water partition coefficient (Wildman–Crippen LogP) is 1.11. The van der Waals surface area contributed by atoms with Gasteiger partial charge in [0.15, 0.2) is 0 Å².